The van der Waals surface area contributed by atoms with Gasteiger partial charge < -0.3 is 65.5 Å². The van der Waals surface area contributed by atoms with E-state index < -0.39 is 47.8 Å². The fourth-order valence-electron chi connectivity index (χ4n) is 5.34. The van der Waals surface area contributed by atoms with E-state index in [9.17, 15) is 30.6 Å². The van der Waals surface area contributed by atoms with Gasteiger partial charge in [-0.15, -0.1) is 0 Å². The van der Waals surface area contributed by atoms with Crippen LogP contribution in [0.4, 0.5) is 0 Å². The molecule has 0 saturated heterocycles. The molecular weight excluding hydrogens is 616 g/mol. The predicted molar refractivity (Wildman–Crippen MR) is 179 cm³/mol. The molecule has 6 atom stereocenters. The zero-order valence-electron chi connectivity index (χ0n) is 30.3. The Hall–Kier alpha value is -0.560. The summed E-state index contributed by atoms with van der Waals surface area (Å²) in [6.07, 6.45) is -7.44. The molecule has 284 valence electrons. The maximum Gasteiger partial charge on any atom is 0.107 e. The first-order chi connectivity index (χ1) is 21.5. The lowest BCUT2D eigenvalue weighted by molar-refractivity contribution is -0.111. The van der Waals surface area contributed by atoms with Crippen molar-refractivity contribution in [3.05, 3.63) is 0 Å². The maximum atomic E-state index is 10.5. The minimum Gasteiger partial charge on any atom is -0.396 e. The van der Waals surface area contributed by atoms with Gasteiger partial charge >= 0.3 is 0 Å². The lowest BCUT2D eigenvalue weighted by Crippen LogP contribution is -2.50. The molecular formula is C33H70N2O12. The fraction of sp³-hybridized carbons (Fsp3) is 1.00. The second-order valence-corrected chi connectivity index (χ2v) is 15.4. The molecule has 0 saturated carbocycles. The molecule has 0 rings (SSSR count). The second-order valence-electron chi connectivity index (χ2n) is 15.4. The minimum atomic E-state index is -1.55. The van der Waals surface area contributed by atoms with Crippen molar-refractivity contribution in [1.29, 1.82) is 0 Å². The Bertz CT molecular complexity index is 770. The van der Waals surface area contributed by atoms with E-state index >= 15 is 0 Å². The summed E-state index contributed by atoms with van der Waals surface area (Å²) in [5.41, 5.74) is 4.91. The first-order valence-electron chi connectivity index (χ1n) is 16.8. The SMILES string of the molecule is CC(C)(N)CC(C)(C)COCC(C)(C)OCCC(C)(C)OCCOCCN(CC(O)C(O)C(O)CCO)CC(O)C(O)C(O)CCO. The van der Waals surface area contributed by atoms with Crippen molar-refractivity contribution in [2.75, 3.05) is 72.5 Å². The Morgan fingerprint density at radius 2 is 1.09 bits per heavy atom. The Balaban J connectivity index is 4.72. The molecule has 0 heterocycles. The zero-order chi connectivity index (χ0) is 36.5. The van der Waals surface area contributed by atoms with E-state index in [1.807, 2.05) is 41.5 Å². The number of nitrogens with zero attached hydrogens (tertiary/aromatic N) is 1. The van der Waals surface area contributed by atoms with Crippen LogP contribution in [0.25, 0.3) is 0 Å². The summed E-state index contributed by atoms with van der Waals surface area (Å²) in [6, 6.07) is 0. The molecule has 0 fully saturated rings. The number of aliphatic hydroxyl groups is 8. The lowest BCUT2D eigenvalue weighted by Gasteiger charge is -2.34. The van der Waals surface area contributed by atoms with Gasteiger partial charge in [0, 0.05) is 38.4 Å². The summed E-state index contributed by atoms with van der Waals surface area (Å²) in [5.74, 6) is 0. The van der Waals surface area contributed by atoms with Crippen LogP contribution in [0.3, 0.4) is 0 Å². The number of hydrogen-bond acceptors (Lipinski definition) is 14. The van der Waals surface area contributed by atoms with Crippen LogP contribution >= 0.6 is 0 Å². The van der Waals surface area contributed by atoms with Gasteiger partial charge in [0.15, 0.2) is 0 Å². The van der Waals surface area contributed by atoms with Gasteiger partial charge in [-0.2, -0.15) is 0 Å². The molecule has 0 amide bonds. The van der Waals surface area contributed by atoms with Crippen molar-refractivity contribution in [2.24, 2.45) is 11.1 Å². The van der Waals surface area contributed by atoms with Crippen LogP contribution in [0.2, 0.25) is 0 Å². The van der Waals surface area contributed by atoms with Gasteiger partial charge in [0.2, 0.25) is 0 Å². The Kier molecular flexibility index (Phi) is 22.0. The smallest absolute Gasteiger partial charge is 0.107 e. The van der Waals surface area contributed by atoms with Crippen molar-refractivity contribution >= 4 is 0 Å². The van der Waals surface area contributed by atoms with Gasteiger partial charge in [-0.1, -0.05) is 13.8 Å². The monoisotopic (exact) mass is 686 g/mol. The molecule has 0 aromatic heterocycles. The third-order valence-electron chi connectivity index (χ3n) is 7.66. The highest BCUT2D eigenvalue weighted by Gasteiger charge is 2.31. The van der Waals surface area contributed by atoms with Gasteiger partial charge in [0.25, 0.3) is 0 Å². The van der Waals surface area contributed by atoms with Crippen LogP contribution in [0.5, 0.6) is 0 Å². The zero-order valence-corrected chi connectivity index (χ0v) is 30.3. The Morgan fingerprint density at radius 1 is 0.596 bits per heavy atom. The predicted octanol–water partition coefficient (Wildman–Crippen LogP) is -0.614. The second kappa shape index (κ2) is 22.3. The molecule has 10 N–H and O–H groups in total. The van der Waals surface area contributed by atoms with Crippen LogP contribution in [-0.4, -0.2) is 172 Å². The van der Waals surface area contributed by atoms with E-state index in [0.717, 1.165) is 6.42 Å². The summed E-state index contributed by atoms with van der Waals surface area (Å²) in [4.78, 5) is 1.52. The third kappa shape index (κ3) is 22.7. The van der Waals surface area contributed by atoms with Crippen LogP contribution in [0.1, 0.15) is 81.1 Å². The topological polar surface area (TPSA) is 228 Å². The maximum absolute atomic E-state index is 10.5. The van der Waals surface area contributed by atoms with Crippen molar-refractivity contribution in [1.82, 2.24) is 4.90 Å². The number of hydrogen-bond donors (Lipinski definition) is 9. The third-order valence-corrected chi connectivity index (χ3v) is 7.66. The van der Waals surface area contributed by atoms with Gasteiger partial charge in [0.1, 0.15) is 12.2 Å². The van der Waals surface area contributed by atoms with Crippen LogP contribution < -0.4 is 5.73 Å². The molecule has 6 unspecified atom stereocenters. The first-order valence-corrected chi connectivity index (χ1v) is 16.8. The van der Waals surface area contributed by atoms with E-state index in [4.69, 9.17) is 34.9 Å². The number of aliphatic hydroxyl groups excluding tert-OH is 8. The normalized spacial score (nSPS) is 17.5. The van der Waals surface area contributed by atoms with Crippen LogP contribution in [0, 0.1) is 5.41 Å². The number of rotatable bonds is 29. The van der Waals surface area contributed by atoms with E-state index in [2.05, 4.69) is 13.8 Å². The average molecular weight is 687 g/mol. The quantitative estimate of drug-likeness (QED) is 0.0448. The molecule has 0 radical (unpaired) electrons. The van der Waals surface area contributed by atoms with Crippen molar-refractivity contribution < 1.29 is 59.8 Å². The highest BCUT2D eigenvalue weighted by molar-refractivity contribution is 4.84. The van der Waals surface area contributed by atoms with Crippen molar-refractivity contribution in [2.45, 2.75) is 134 Å². The molecule has 0 aliphatic heterocycles. The molecule has 14 heteroatoms. The fourth-order valence-corrected chi connectivity index (χ4v) is 5.34. The lowest BCUT2D eigenvalue weighted by atomic mass is 9.81. The first kappa shape index (κ1) is 46.4. The van der Waals surface area contributed by atoms with E-state index in [1.54, 1.807) is 0 Å². The molecule has 47 heavy (non-hydrogen) atoms. The summed E-state index contributed by atoms with van der Waals surface area (Å²) >= 11 is 0. The van der Waals surface area contributed by atoms with Gasteiger partial charge in [-0.3, -0.25) is 4.90 Å². The van der Waals surface area contributed by atoms with E-state index in [1.165, 1.54) is 4.90 Å². The van der Waals surface area contributed by atoms with Crippen LogP contribution in [0.15, 0.2) is 0 Å². The van der Waals surface area contributed by atoms with Crippen LogP contribution in [-0.2, 0) is 18.9 Å². The number of ether oxygens (including phenoxy) is 4. The summed E-state index contributed by atoms with van der Waals surface area (Å²) in [7, 11) is 0. The Morgan fingerprint density at radius 3 is 1.55 bits per heavy atom. The van der Waals surface area contributed by atoms with E-state index in [-0.39, 0.29) is 69.9 Å². The number of nitrogens with two attached hydrogens (primary N) is 1. The molecule has 0 aliphatic carbocycles. The molecule has 14 nitrogen and oxygen atoms in total. The summed E-state index contributed by atoms with van der Waals surface area (Å²) in [5, 5.41) is 79.2. The minimum absolute atomic E-state index is 0.0492. The van der Waals surface area contributed by atoms with Gasteiger partial charge in [-0.25, -0.2) is 0 Å². The average Bonchev–Trinajstić information content (AvgIpc) is 2.92. The van der Waals surface area contributed by atoms with E-state index in [0.29, 0.717) is 32.8 Å². The molecule has 0 aliphatic rings. The molecule has 0 aromatic carbocycles. The summed E-state index contributed by atoms with van der Waals surface area (Å²) < 4.78 is 23.8. The van der Waals surface area contributed by atoms with Crippen molar-refractivity contribution in [3.8, 4) is 0 Å². The standard InChI is InChI=1S/C33H70N2O12/c1-30(2,21-31(3,4)34)22-45-23-33(7,8)46-15-11-32(5,6)47-18-17-44-16-12-35(19-26(40)28(42)24(38)9-13-36)20-27(41)29(43)25(39)10-14-37/h24-29,36-43H,9-23,34H2,1-8H3. The largest absolute Gasteiger partial charge is 0.396 e. The molecule has 0 spiro atoms. The molecule has 0 aromatic rings. The van der Waals surface area contributed by atoms with Gasteiger partial charge in [-0.05, 0) is 72.6 Å². The van der Waals surface area contributed by atoms with Crippen molar-refractivity contribution in [3.63, 3.8) is 0 Å². The highest BCUT2D eigenvalue weighted by atomic mass is 16.6. The van der Waals surface area contributed by atoms with Gasteiger partial charge in [0.05, 0.1) is 75.3 Å². The Labute approximate surface area is 282 Å². The highest BCUT2D eigenvalue weighted by Crippen LogP contribution is 2.27. The molecule has 0 bridgehead atoms. The summed E-state index contributed by atoms with van der Waals surface area (Å²) in [6.45, 7) is 17.5.